The number of nitrogens with two attached hydrogens (primary N) is 4. The average molecular weight is 544 g/mol. The van der Waals surface area contributed by atoms with Gasteiger partial charge in [0.1, 0.15) is 17.8 Å². The summed E-state index contributed by atoms with van der Waals surface area (Å²) < 4.78 is 10.5. The predicted molar refractivity (Wildman–Crippen MR) is 146 cm³/mol. The molecular weight excluding hydrogens is 506 g/mol. The Kier molecular flexibility index (Phi) is 11.8. The van der Waals surface area contributed by atoms with Gasteiger partial charge in [0.25, 0.3) is 0 Å². The van der Waals surface area contributed by atoms with Crippen LogP contribution in [0.1, 0.15) is 24.0 Å². The average Bonchev–Trinajstić information content (AvgIpc) is 2.90. The number of rotatable bonds is 15. The molecule has 3 amide bonds. The number of carbonyl (C=O) groups is 3. The van der Waals surface area contributed by atoms with Crippen molar-refractivity contribution in [2.75, 3.05) is 20.8 Å². The van der Waals surface area contributed by atoms with Gasteiger partial charge in [0.05, 0.1) is 20.3 Å². The SMILES string of the molecule is COc1ccc(C[C@H](NC(=O)[C@@H](CCCN=C(N)N)NC(=O)[C@@H](N)Cc2ccc(O)cc2)C(N)=O)cc1OC. The zero-order valence-corrected chi connectivity index (χ0v) is 22.1. The first-order valence-electron chi connectivity index (χ1n) is 12.2. The number of aliphatic imine (C=N–C) groups is 1. The summed E-state index contributed by atoms with van der Waals surface area (Å²) in [5.41, 5.74) is 23.8. The van der Waals surface area contributed by atoms with Crippen LogP contribution in [0.25, 0.3) is 0 Å². The number of nitrogens with zero attached hydrogens (tertiary/aromatic N) is 1. The molecule has 0 radical (unpaired) electrons. The lowest BCUT2D eigenvalue weighted by Gasteiger charge is -2.23. The number of hydrogen-bond donors (Lipinski definition) is 7. The van der Waals surface area contributed by atoms with E-state index in [4.69, 9.17) is 32.4 Å². The number of aromatic hydroxyl groups is 1. The Hall–Kier alpha value is -4.52. The van der Waals surface area contributed by atoms with Crippen LogP contribution >= 0.6 is 0 Å². The Labute approximate surface area is 226 Å². The number of amides is 3. The highest BCUT2D eigenvalue weighted by atomic mass is 16.5. The molecule has 0 spiro atoms. The zero-order valence-electron chi connectivity index (χ0n) is 22.1. The molecule has 0 aliphatic heterocycles. The number of nitrogens with one attached hydrogen (secondary N) is 2. The number of ether oxygens (including phenoxy) is 2. The first-order valence-corrected chi connectivity index (χ1v) is 12.2. The second-order valence-corrected chi connectivity index (χ2v) is 8.84. The number of phenolic OH excluding ortho intramolecular Hbond substituents is 1. The molecule has 0 fully saturated rings. The van der Waals surface area contributed by atoms with Crippen LogP contribution in [-0.4, -0.2) is 67.7 Å². The zero-order chi connectivity index (χ0) is 28.9. The van der Waals surface area contributed by atoms with Crippen molar-refractivity contribution in [3.05, 3.63) is 53.6 Å². The minimum atomic E-state index is -1.07. The van der Waals surface area contributed by atoms with E-state index in [-0.39, 0.29) is 37.5 Å². The van der Waals surface area contributed by atoms with E-state index in [0.717, 1.165) is 5.56 Å². The number of methoxy groups -OCH3 is 2. The summed E-state index contributed by atoms with van der Waals surface area (Å²) in [5, 5.41) is 14.7. The van der Waals surface area contributed by atoms with Gasteiger partial charge in [-0.1, -0.05) is 18.2 Å². The molecule has 0 saturated heterocycles. The van der Waals surface area contributed by atoms with Gasteiger partial charge in [-0.25, -0.2) is 0 Å². The van der Waals surface area contributed by atoms with Crippen molar-refractivity contribution in [2.45, 2.75) is 43.8 Å². The Bertz CT molecular complexity index is 1150. The minimum absolute atomic E-state index is 0.0798. The smallest absolute Gasteiger partial charge is 0.243 e. The van der Waals surface area contributed by atoms with Gasteiger partial charge in [-0.15, -0.1) is 0 Å². The fourth-order valence-electron chi connectivity index (χ4n) is 3.77. The first-order chi connectivity index (χ1) is 18.5. The van der Waals surface area contributed by atoms with Gasteiger partial charge in [0.2, 0.25) is 17.7 Å². The highest BCUT2D eigenvalue weighted by molar-refractivity contribution is 5.92. The number of guanidine groups is 1. The van der Waals surface area contributed by atoms with Gasteiger partial charge >= 0.3 is 0 Å². The molecule has 39 heavy (non-hydrogen) atoms. The van der Waals surface area contributed by atoms with E-state index >= 15 is 0 Å². The Morgan fingerprint density at radius 2 is 1.49 bits per heavy atom. The number of hydrogen-bond acceptors (Lipinski definition) is 8. The topological polar surface area (TPSA) is 230 Å². The summed E-state index contributed by atoms with van der Waals surface area (Å²) in [6.45, 7) is 0.229. The molecule has 13 nitrogen and oxygen atoms in total. The van der Waals surface area contributed by atoms with Gasteiger partial charge < -0.3 is 48.1 Å². The minimum Gasteiger partial charge on any atom is -0.508 e. The Morgan fingerprint density at radius 3 is 2.08 bits per heavy atom. The summed E-state index contributed by atoms with van der Waals surface area (Å²) in [6, 6.07) is 8.27. The molecule has 2 rings (SSSR count). The van der Waals surface area contributed by atoms with Crippen molar-refractivity contribution in [3.8, 4) is 17.2 Å². The van der Waals surface area contributed by atoms with Crippen molar-refractivity contribution in [2.24, 2.45) is 27.9 Å². The number of primary amides is 1. The van der Waals surface area contributed by atoms with E-state index in [1.54, 1.807) is 30.3 Å². The van der Waals surface area contributed by atoms with Crippen LogP contribution < -0.4 is 43.0 Å². The van der Waals surface area contributed by atoms with Crippen molar-refractivity contribution in [1.82, 2.24) is 10.6 Å². The number of benzene rings is 2. The van der Waals surface area contributed by atoms with Gasteiger partial charge in [-0.2, -0.15) is 0 Å². The lowest BCUT2D eigenvalue weighted by atomic mass is 10.0. The van der Waals surface area contributed by atoms with E-state index in [1.807, 2.05) is 0 Å². The molecule has 0 aromatic heterocycles. The van der Waals surface area contributed by atoms with Crippen LogP contribution in [0.5, 0.6) is 17.2 Å². The van der Waals surface area contributed by atoms with Crippen molar-refractivity contribution < 1.29 is 29.0 Å². The number of phenols is 1. The van der Waals surface area contributed by atoms with Crippen LogP contribution in [0.4, 0.5) is 0 Å². The van der Waals surface area contributed by atoms with Crippen molar-refractivity contribution in [3.63, 3.8) is 0 Å². The third kappa shape index (κ3) is 10.0. The number of carbonyl (C=O) groups excluding carboxylic acids is 3. The molecule has 2 aromatic carbocycles. The molecule has 0 aliphatic rings. The monoisotopic (exact) mass is 543 g/mol. The summed E-state index contributed by atoms with van der Waals surface area (Å²) in [7, 11) is 2.99. The molecule has 0 aliphatic carbocycles. The summed E-state index contributed by atoms with van der Waals surface area (Å²) in [5.74, 6) is -0.987. The van der Waals surface area contributed by atoms with Gasteiger partial charge in [0.15, 0.2) is 17.5 Å². The maximum atomic E-state index is 13.2. The van der Waals surface area contributed by atoms with Crippen LogP contribution in [-0.2, 0) is 27.2 Å². The lowest BCUT2D eigenvalue weighted by molar-refractivity contribution is -0.131. The van der Waals surface area contributed by atoms with Crippen molar-refractivity contribution in [1.29, 1.82) is 0 Å². The van der Waals surface area contributed by atoms with Gasteiger partial charge in [-0.3, -0.25) is 19.4 Å². The van der Waals surface area contributed by atoms with Crippen LogP contribution in [0.2, 0.25) is 0 Å². The van der Waals surface area contributed by atoms with Crippen LogP contribution in [0.3, 0.4) is 0 Å². The van der Waals surface area contributed by atoms with E-state index in [0.29, 0.717) is 23.5 Å². The highest BCUT2D eigenvalue weighted by Gasteiger charge is 2.27. The lowest BCUT2D eigenvalue weighted by Crippen LogP contribution is -2.56. The molecule has 0 heterocycles. The quantitative estimate of drug-likeness (QED) is 0.0831. The van der Waals surface area contributed by atoms with Gasteiger partial charge in [0, 0.05) is 13.0 Å². The summed E-state index contributed by atoms with van der Waals surface area (Å²) >= 11 is 0. The normalized spacial score (nSPS) is 12.9. The van der Waals surface area contributed by atoms with Gasteiger partial charge in [-0.05, 0) is 54.7 Å². The van der Waals surface area contributed by atoms with Crippen LogP contribution in [0, 0.1) is 0 Å². The second-order valence-electron chi connectivity index (χ2n) is 8.84. The molecular formula is C26H37N7O6. The highest BCUT2D eigenvalue weighted by Crippen LogP contribution is 2.28. The molecule has 3 atom stereocenters. The standard InChI is InChI=1S/C26H37N7O6/c1-38-21-10-7-16(14-22(21)39-2)13-20(23(28)35)33-25(37)19(4-3-11-31-26(29)30)32-24(36)18(27)12-15-5-8-17(34)9-6-15/h5-10,14,18-20,34H,3-4,11-13,27H2,1-2H3,(H2,28,35)(H,32,36)(H,33,37)(H4,29,30,31)/t18-,19+,20-/m0/s1. The molecule has 212 valence electrons. The van der Waals surface area contributed by atoms with E-state index < -0.39 is 35.8 Å². The fraction of sp³-hybridized carbons (Fsp3) is 0.385. The maximum Gasteiger partial charge on any atom is 0.243 e. The largest absolute Gasteiger partial charge is 0.508 e. The molecule has 11 N–H and O–H groups in total. The molecule has 2 aromatic rings. The molecule has 0 unspecified atom stereocenters. The van der Waals surface area contributed by atoms with E-state index in [2.05, 4.69) is 15.6 Å². The Morgan fingerprint density at radius 1 is 0.872 bits per heavy atom. The van der Waals surface area contributed by atoms with E-state index in [1.165, 1.54) is 26.4 Å². The third-order valence-corrected chi connectivity index (χ3v) is 5.85. The third-order valence-electron chi connectivity index (χ3n) is 5.85. The van der Waals surface area contributed by atoms with Crippen molar-refractivity contribution >= 4 is 23.7 Å². The predicted octanol–water partition coefficient (Wildman–Crippen LogP) is -0.970. The summed E-state index contributed by atoms with van der Waals surface area (Å²) in [6.07, 6.45) is 0.788. The molecule has 0 saturated carbocycles. The second kappa shape index (κ2) is 15.0. The maximum absolute atomic E-state index is 13.2. The summed E-state index contributed by atoms with van der Waals surface area (Å²) in [4.78, 5) is 42.2. The van der Waals surface area contributed by atoms with E-state index in [9.17, 15) is 19.5 Å². The van der Waals surface area contributed by atoms with Crippen LogP contribution in [0.15, 0.2) is 47.5 Å². The molecule has 0 bridgehead atoms. The fourth-order valence-corrected chi connectivity index (χ4v) is 3.77. The Balaban J connectivity index is 2.14. The first kappa shape index (κ1) is 30.7. The molecule has 13 heteroatoms.